The van der Waals surface area contributed by atoms with Crippen molar-refractivity contribution in [3.63, 3.8) is 0 Å². The molecule has 1 aromatic heterocycles. The number of rotatable bonds is 10. The van der Waals surface area contributed by atoms with E-state index in [0.717, 1.165) is 11.3 Å². The van der Waals surface area contributed by atoms with E-state index in [-0.39, 0.29) is 24.9 Å². The molecule has 0 radical (unpaired) electrons. The second-order valence-electron chi connectivity index (χ2n) is 7.24. The minimum absolute atomic E-state index is 0.0457. The molecule has 0 spiro atoms. The second kappa shape index (κ2) is 11.0. The van der Waals surface area contributed by atoms with E-state index in [0.29, 0.717) is 24.5 Å². The Kier molecular flexibility index (Phi) is 7.84. The maximum atomic E-state index is 12.8. The van der Waals surface area contributed by atoms with E-state index < -0.39 is 0 Å². The first-order valence-corrected chi connectivity index (χ1v) is 10.00. The average Bonchev–Trinajstić information content (AvgIpc) is 3.27. The lowest BCUT2D eigenvalue weighted by atomic mass is 10.2. The molecule has 0 atom stereocenters. The van der Waals surface area contributed by atoms with Crippen molar-refractivity contribution in [1.29, 1.82) is 0 Å². The molecule has 7 heteroatoms. The Labute approximate surface area is 182 Å². The van der Waals surface area contributed by atoms with E-state index in [1.54, 1.807) is 44.7 Å². The molecule has 3 aromatic rings. The highest BCUT2D eigenvalue weighted by atomic mass is 16.5. The van der Waals surface area contributed by atoms with E-state index >= 15 is 0 Å². The fourth-order valence-electron chi connectivity index (χ4n) is 3.15. The van der Waals surface area contributed by atoms with Crippen LogP contribution in [-0.2, 0) is 22.7 Å². The summed E-state index contributed by atoms with van der Waals surface area (Å²) in [7, 11) is 3.19. The van der Waals surface area contributed by atoms with Crippen LogP contribution >= 0.6 is 0 Å². The van der Waals surface area contributed by atoms with Gasteiger partial charge in [0.2, 0.25) is 11.8 Å². The van der Waals surface area contributed by atoms with Crippen LogP contribution in [0.1, 0.15) is 11.3 Å². The molecular formula is C24H27N3O4. The second-order valence-corrected chi connectivity index (χ2v) is 7.24. The van der Waals surface area contributed by atoms with Crippen molar-refractivity contribution < 1.29 is 18.7 Å². The first kappa shape index (κ1) is 22.1. The predicted molar refractivity (Wildman–Crippen MR) is 119 cm³/mol. The molecule has 0 aliphatic carbocycles. The number of furan rings is 1. The molecule has 31 heavy (non-hydrogen) atoms. The zero-order chi connectivity index (χ0) is 22.1. The number of hydrogen-bond acceptors (Lipinski definition) is 5. The lowest BCUT2D eigenvalue weighted by Gasteiger charge is -2.24. The van der Waals surface area contributed by atoms with Gasteiger partial charge in [-0.15, -0.1) is 0 Å². The zero-order valence-corrected chi connectivity index (χ0v) is 17.8. The summed E-state index contributed by atoms with van der Waals surface area (Å²) in [6.07, 6.45) is 1.62. The first-order valence-electron chi connectivity index (χ1n) is 10.00. The maximum Gasteiger partial charge on any atom is 0.243 e. The number of methoxy groups -OCH3 is 1. The van der Waals surface area contributed by atoms with Crippen LogP contribution in [0.15, 0.2) is 77.4 Å². The zero-order valence-electron chi connectivity index (χ0n) is 17.8. The summed E-state index contributed by atoms with van der Waals surface area (Å²) in [5, 5.41) is 2.79. The van der Waals surface area contributed by atoms with Crippen LogP contribution in [0.4, 0.5) is 5.69 Å². The summed E-state index contributed by atoms with van der Waals surface area (Å²) in [4.78, 5) is 28.6. The van der Waals surface area contributed by atoms with Gasteiger partial charge in [-0.2, -0.15) is 0 Å². The quantitative estimate of drug-likeness (QED) is 0.543. The molecule has 0 saturated carbocycles. The molecule has 2 aromatic carbocycles. The summed E-state index contributed by atoms with van der Waals surface area (Å²) in [5.41, 5.74) is 1.72. The van der Waals surface area contributed by atoms with Crippen molar-refractivity contribution in [2.24, 2.45) is 0 Å². The van der Waals surface area contributed by atoms with Crippen molar-refractivity contribution in [3.05, 3.63) is 84.3 Å². The molecule has 3 rings (SSSR count). The molecule has 7 nitrogen and oxygen atoms in total. The van der Waals surface area contributed by atoms with Crippen molar-refractivity contribution in [1.82, 2.24) is 9.80 Å². The molecule has 0 unspecified atom stereocenters. The molecule has 0 saturated heterocycles. The molecule has 0 fully saturated rings. The number of nitrogens with one attached hydrogen (secondary N) is 1. The van der Waals surface area contributed by atoms with Gasteiger partial charge in [0, 0.05) is 25.3 Å². The number of carbonyl (C=O) groups is 2. The smallest absolute Gasteiger partial charge is 0.243 e. The third kappa shape index (κ3) is 7.01. The molecule has 0 aliphatic rings. The van der Waals surface area contributed by atoms with Gasteiger partial charge in [0.25, 0.3) is 0 Å². The Morgan fingerprint density at radius 1 is 0.968 bits per heavy atom. The van der Waals surface area contributed by atoms with Crippen LogP contribution in [0.5, 0.6) is 5.75 Å². The Balaban J connectivity index is 1.58. The van der Waals surface area contributed by atoms with Crippen molar-refractivity contribution in [2.45, 2.75) is 13.1 Å². The van der Waals surface area contributed by atoms with Crippen molar-refractivity contribution in [3.8, 4) is 5.75 Å². The fraction of sp³-hybridized carbons (Fsp3) is 0.250. The highest BCUT2D eigenvalue weighted by Gasteiger charge is 2.18. The predicted octanol–water partition coefficient (Wildman–Crippen LogP) is 3.39. The Bertz CT molecular complexity index is 974. The number of amides is 2. The molecule has 2 amide bonds. The van der Waals surface area contributed by atoms with Gasteiger partial charge in [0.1, 0.15) is 11.5 Å². The van der Waals surface area contributed by atoms with Crippen LogP contribution in [0, 0.1) is 0 Å². The number of ether oxygens (including phenoxy) is 1. The lowest BCUT2D eigenvalue weighted by Crippen LogP contribution is -2.41. The summed E-state index contributed by atoms with van der Waals surface area (Å²) in [5.74, 6) is 1.01. The maximum absolute atomic E-state index is 12.8. The van der Waals surface area contributed by atoms with E-state index in [9.17, 15) is 9.59 Å². The molecule has 1 heterocycles. The van der Waals surface area contributed by atoms with E-state index in [1.165, 1.54) is 4.90 Å². The highest BCUT2D eigenvalue weighted by molar-refractivity contribution is 5.94. The normalized spacial score (nSPS) is 10.7. The Hall–Kier alpha value is -3.58. The molecule has 0 bridgehead atoms. The Morgan fingerprint density at radius 2 is 1.77 bits per heavy atom. The van der Waals surface area contributed by atoms with Gasteiger partial charge < -0.3 is 19.4 Å². The fourth-order valence-corrected chi connectivity index (χ4v) is 3.15. The number of nitrogens with zero attached hydrogens (tertiary/aromatic N) is 2. The van der Waals surface area contributed by atoms with Crippen molar-refractivity contribution in [2.75, 3.05) is 32.6 Å². The van der Waals surface area contributed by atoms with Crippen LogP contribution in [0.2, 0.25) is 0 Å². The van der Waals surface area contributed by atoms with Gasteiger partial charge in [-0.3, -0.25) is 14.5 Å². The van der Waals surface area contributed by atoms with Gasteiger partial charge in [-0.05, 0) is 29.8 Å². The topological polar surface area (TPSA) is 75.0 Å². The average molecular weight is 421 g/mol. The third-order valence-electron chi connectivity index (χ3n) is 4.73. The SMILES string of the molecule is COc1cccc(NC(=O)CN(C)C(=O)CN(Cc2ccccc2)Cc2ccco2)c1. The van der Waals surface area contributed by atoms with Gasteiger partial charge >= 0.3 is 0 Å². The number of likely N-dealkylation sites (N-methyl/N-ethyl adjacent to an activating group) is 1. The largest absolute Gasteiger partial charge is 0.497 e. The van der Waals surface area contributed by atoms with Crippen LogP contribution in [0.25, 0.3) is 0 Å². The summed E-state index contributed by atoms with van der Waals surface area (Å²) in [6.45, 7) is 1.21. The number of carbonyl (C=O) groups excluding carboxylic acids is 2. The summed E-state index contributed by atoms with van der Waals surface area (Å²) >= 11 is 0. The number of benzene rings is 2. The van der Waals surface area contributed by atoms with E-state index in [1.807, 2.05) is 47.4 Å². The minimum atomic E-state index is -0.273. The van der Waals surface area contributed by atoms with Gasteiger partial charge in [-0.1, -0.05) is 36.4 Å². The molecule has 0 aliphatic heterocycles. The standard InChI is InChI=1S/C24H27N3O4/c1-26(17-23(28)25-20-10-6-11-21(14-20)30-2)24(29)18-27(16-22-12-7-13-31-22)15-19-8-4-3-5-9-19/h3-14H,15-18H2,1-2H3,(H,25,28). The first-order chi connectivity index (χ1) is 15.0. The summed E-state index contributed by atoms with van der Waals surface area (Å²) in [6, 6.07) is 20.7. The van der Waals surface area contributed by atoms with Crippen LogP contribution < -0.4 is 10.1 Å². The molecule has 1 N–H and O–H groups in total. The van der Waals surface area contributed by atoms with Crippen LogP contribution in [0.3, 0.4) is 0 Å². The third-order valence-corrected chi connectivity index (χ3v) is 4.73. The van der Waals surface area contributed by atoms with Gasteiger partial charge in [0.15, 0.2) is 0 Å². The number of anilines is 1. The van der Waals surface area contributed by atoms with Crippen molar-refractivity contribution >= 4 is 17.5 Å². The Morgan fingerprint density at radius 3 is 2.48 bits per heavy atom. The highest BCUT2D eigenvalue weighted by Crippen LogP contribution is 2.16. The van der Waals surface area contributed by atoms with E-state index in [4.69, 9.17) is 9.15 Å². The monoisotopic (exact) mass is 421 g/mol. The lowest BCUT2D eigenvalue weighted by molar-refractivity contribution is -0.134. The molecule has 162 valence electrons. The number of hydrogen-bond donors (Lipinski definition) is 1. The van der Waals surface area contributed by atoms with Gasteiger partial charge in [-0.25, -0.2) is 0 Å². The van der Waals surface area contributed by atoms with Gasteiger partial charge in [0.05, 0.1) is 33.0 Å². The molecular weight excluding hydrogens is 394 g/mol. The minimum Gasteiger partial charge on any atom is -0.497 e. The summed E-state index contributed by atoms with van der Waals surface area (Å²) < 4.78 is 10.6. The van der Waals surface area contributed by atoms with E-state index in [2.05, 4.69) is 5.32 Å². The van der Waals surface area contributed by atoms with Crippen LogP contribution in [-0.4, -0.2) is 48.9 Å².